The van der Waals surface area contributed by atoms with Crippen LogP contribution in [0.4, 0.5) is 8.78 Å². The van der Waals surface area contributed by atoms with Crippen molar-refractivity contribution in [1.82, 2.24) is 10.6 Å². The molecule has 0 radical (unpaired) electrons. The summed E-state index contributed by atoms with van der Waals surface area (Å²) in [6.07, 6.45) is 0.981. The number of rotatable bonds is 4. The fraction of sp³-hybridized carbons (Fsp3) is 0.462. The highest BCUT2D eigenvalue weighted by Crippen LogP contribution is 2.38. The molecule has 0 bridgehead atoms. The topological polar surface area (TPSA) is 64.1 Å². The summed E-state index contributed by atoms with van der Waals surface area (Å²) in [4.78, 5) is 4.26. The molecule has 2 N–H and O–H groups in total. The Morgan fingerprint density at radius 1 is 1.33 bits per heavy atom. The van der Waals surface area contributed by atoms with Crippen molar-refractivity contribution in [3.8, 4) is 17.2 Å². The minimum absolute atomic E-state index is 0.0677. The fourth-order valence-corrected chi connectivity index (χ4v) is 2.14. The van der Waals surface area contributed by atoms with Crippen LogP contribution in [-0.4, -0.2) is 32.5 Å². The second kappa shape index (κ2) is 6.02. The first-order chi connectivity index (χ1) is 10.2. The Bertz CT molecular complexity index is 552. The fourth-order valence-electron chi connectivity index (χ4n) is 2.14. The maximum atomic E-state index is 12.5. The Balaban J connectivity index is 1.77. The van der Waals surface area contributed by atoms with E-state index in [1.807, 2.05) is 0 Å². The van der Waals surface area contributed by atoms with Crippen molar-refractivity contribution in [2.24, 2.45) is 4.99 Å². The molecule has 0 atom stereocenters. The number of hydrogen-bond acceptors (Lipinski definition) is 6. The molecule has 3 rings (SSSR count). The first-order valence-corrected chi connectivity index (χ1v) is 6.62. The van der Waals surface area contributed by atoms with Gasteiger partial charge in [-0.3, -0.25) is 4.99 Å². The Kier molecular flexibility index (Phi) is 3.94. The number of alkyl halides is 2. The molecule has 0 amide bonds. The van der Waals surface area contributed by atoms with Crippen LogP contribution in [0.2, 0.25) is 0 Å². The van der Waals surface area contributed by atoms with Gasteiger partial charge in [-0.05, 0) is 12.5 Å². The maximum absolute atomic E-state index is 12.5. The summed E-state index contributed by atoms with van der Waals surface area (Å²) in [7, 11) is 0. The molecule has 0 aliphatic carbocycles. The van der Waals surface area contributed by atoms with Crippen molar-refractivity contribution in [3.63, 3.8) is 0 Å². The Morgan fingerprint density at radius 3 is 2.86 bits per heavy atom. The first-order valence-electron chi connectivity index (χ1n) is 6.62. The molecular formula is C13H15F2N3O3. The quantitative estimate of drug-likeness (QED) is 0.881. The van der Waals surface area contributed by atoms with Gasteiger partial charge in [0.25, 0.3) is 0 Å². The predicted octanol–water partition coefficient (Wildman–Crippen LogP) is 1.46. The third kappa shape index (κ3) is 3.26. The molecule has 0 saturated carbocycles. The van der Waals surface area contributed by atoms with Crippen LogP contribution in [0.15, 0.2) is 17.1 Å². The molecule has 0 aromatic heterocycles. The molecule has 21 heavy (non-hydrogen) atoms. The third-order valence-electron chi connectivity index (χ3n) is 3.12. The molecule has 2 aliphatic heterocycles. The van der Waals surface area contributed by atoms with Gasteiger partial charge in [0.1, 0.15) is 5.75 Å². The number of guanidine groups is 1. The van der Waals surface area contributed by atoms with E-state index < -0.39 is 6.61 Å². The lowest BCUT2D eigenvalue weighted by Crippen LogP contribution is -2.40. The molecule has 8 heteroatoms. The van der Waals surface area contributed by atoms with Gasteiger partial charge in [-0.1, -0.05) is 0 Å². The molecule has 1 aromatic rings. The summed E-state index contributed by atoms with van der Waals surface area (Å²) >= 11 is 0. The van der Waals surface area contributed by atoms with Gasteiger partial charge >= 0.3 is 6.61 Å². The molecule has 114 valence electrons. The second-order valence-corrected chi connectivity index (χ2v) is 4.56. The Morgan fingerprint density at radius 2 is 2.14 bits per heavy atom. The average molecular weight is 299 g/mol. The van der Waals surface area contributed by atoms with Gasteiger partial charge in [0.2, 0.25) is 6.79 Å². The van der Waals surface area contributed by atoms with Gasteiger partial charge < -0.3 is 24.8 Å². The lowest BCUT2D eigenvalue weighted by molar-refractivity contribution is -0.0505. The van der Waals surface area contributed by atoms with Crippen LogP contribution in [0.1, 0.15) is 12.0 Å². The Hall–Kier alpha value is -2.25. The zero-order valence-corrected chi connectivity index (χ0v) is 11.2. The average Bonchev–Trinajstić information content (AvgIpc) is 2.92. The molecule has 2 heterocycles. The zero-order chi connectivity index (χ0) is 14.7. The normalized spacial score (nSPS) is 16.4. The zero-order valence-electron chi connectivity index (χ0n) is 11.2. The highest BCUT2D eigenvalue weighted by Gasteiger charge is 2.20. The van der Waals surface area contributed by atoms with Crippen molar-refractivity contribution in [2.45, 2.75) is 19.6 Å². The SMILES string of the molecule is FC(F)Oc1cc2c(cc1CNC1=NCCCN1)OCO2. The summed E-state index contributed by atoms with van der Waals surface area (Å²) in [5.74, 6) is 1.65. The van der Waals surface area contributed by atoms with Gasteiger partial charge in [0.15, 0.2) is 17.5 Å². The van der Waals surface area contributed by atoms with E-state index in [0.29, 0.717) is 29.6 Å². The van der Waals surface area contributed by atoms with Crippen molar-refractivity contribution in [2.75, 3.05) is 19.9 Å². The van der Waals surface area contributed by atoms with E-state index in [1.54, 1.807) is 6.07 Å². The predicted molar refractivity (Wildman–Crippen MR) is 71.0 cm³/mol. The smallest absolute Gasteiger partial charge is 0.387 e. The van der Waals surface area contributed by atoms with Gasteiger partial charge in [-0.2, -0.15) is 8.78 Å². The molecule has 0 unspecified atom stereocenters. The lowest BCUT2D eigenvalue weighted by atomic mass is 10.1. The summed E-state index contributed by atoms with van der Waals surface area (Å²) in [6, 6.07) is 3.05. The number of fused-ring (bicyclic) bond motifs is 1. The van der Waals surface area contributed by atoms with Crippen LogP contribution < -0.4 is 24.8 Å². The number of halogens is 2. The number of nitrogens with one attached hydrogen (secondary N) is 2. The minimum atomic E-state index is -2.89. The summed E-state index contributed by atoms with van der Waals surface area (Å²) < 4.78 is 40.0. The molecular weight excluding hydrogens is 284 g/mol. The number of nitrogens with zero attached hydrogens (tertiary/aromatic N) is 1. The van der Waals surface area contributed by atoms with Crippen LogP contribution in [-0.2, 0) is 6.54 Å². The van der Waals surface area contributed by atoms with Gasteiger partial charge in [0.05, 0.1) is 0 Å². The summed E-state index contributed by atoms with van der Waals surface area (Å²) in [6.45, 7) is -0.933. The molecule has 0 saturated heterocycles. The molecule has 0 spiro atoms. The largest absolute Gasteiger partial charge is 0.454 e. The number of ether oxygens (including phenoxy) is 3. The van der Waals surface area contributed by atoms with E-state index in [9.17, 15) is 8.78 Å². The van der Waals surface area contributed by atoms with E-state index >= 15 is 0 Å². The van der Waals surface area contributed by atoms with Crippen LogP contribution in [0.5, 0.6) is 17.2 Å². The monoisotopic (exact) mass is 299 g/mol. The second-order valence-electron chi connectivity index (χ2n) is 4.56. The number of aliphatic imine (C=N–C) groups is 1. The van der Waals surface area contributed by atoms with E-state index in [4.69, 9.17) is 9.47 Å². The Labute approximate surface area is 120 Å². The van der Waals surface area contributed by atoms with Crippen LogP contribution in [0.3, 0.4) is 0 Å². The van der Waals surface area contributed by atoms with E-state index in [1.165, 1.54) is 6.07 Å². The van der Waals surface area contributed by atoms with Gasteiger partial charge in [-0.25, -0.2) is 0 Å². The van der Waals surface area contributed by atoms with Crippen molar-refractivity contribution in [3.05, 3.63) is 17.7 Å². The standard InChI is InChI=1S/C13H15F2N3O3/c14-12(15)21-9-5-11-10(19-7-20-11)4-8(9)6-18-13-16-2-1-3-17-13/h4-5,12H,1-3,6-7H2,(H2,16,17,18). The lowest BCUT2D eigenvalue weighted by Gasteiger charge is -2.17. The third-order valence-corrected chi connectivity index (χ3v) is 3.12. The van der Waals surface area contributed by atoms with E-state index in [0.717, 1.165) is 19.5 Å². The van der Waals surface area contributed by atoms with E-state index in [-0.39, 0.29) is 12.5 Å². The van der Waals surface area contributed by atoms with Crippen molar-refractivity contribution < 1.29 is 23.0 Å². The van der Waals surface area contributed by atoms with Gasteiger partial charge in [0, 0.05) is 31.3 Å². The molecule has 6 nitrogen and oxygen atoms in total. The number of benzene rings is 1. The van der Waals surface area contributed by atoms with Crippen LogP contribution in [0.25, 0.3) is 0 Å². The number of hydrogen-bond donors (Lipinski definition) is 2. The van der Waals surface area contributed by atoms with Crippen LogP contribution in [0, 0.1) is 0 Å². The highest BCUT2D eigenvalue weighted by atomic mass is 19.3. The van der Waals surface area contributed by atoms with Gasteiger partial charge in [-0.15, -0.1) is 0 Å². The highest BCUT2D eigenvalue weighted by molar-refractivity contribution is 5.80. The molecule has 2 aliphatic rings. The maximum Gasteiger partial charge on any atom is 0.387 e. The van der Waals surface area contributed by atoms with E-state index in [2.05, 4.69) is 20.4 Å². The summed E-state index contributed by atoms with van der Waals surface area (Å²) in [5.41, 5.74) is 0.551. The first kappa shape index (κ1) is 13.7. The molecule has 0 fully saturated rings. The van der Waals surface area contributed by atoms with Crippen molar-refractivity contribution >= 4 is 5.96 Å². The van der Waals surface area contributed by atoms with Crippen molar-refractivity contribution in [1.29, 1.82) is 0 Å². The minimum Gasteiger partial charge on any atom is -0.454 e. The van der Waals surface area contributed by atoms with Crippen LogP contribution >= 0.6 is 0 Å². The molecule has 1 aromatic carbocycles. The summed E-state index contributed by atoms with van der Waals surface area (Å²) in [5, 5.41) is 6.16.